The van der Waals surface area contributed by atoms with Crippen LogP contribution in [0.4, 0.5) is 0 Å². The first kappa shape index (κ1) is 14.7. The molecule has 0 amide bonds. The summed E-state index contributed by atoms with van der Waals surface area (Å²) in [6.07, 6.45) is 2.10. The summed E-state index contributed by atoms with van der Waals surface area (Å²) in [5.41, 5.74) is 0. The molecule has 0 atom stereocenters. The van der Waals surface area contributed by atoms with Crippen LogP contribution in [0.2, 0.25) is 0 Å². The van der Waals surface area contributed by atoms with Crippen molar-refractivity contribution in [3.63, 3.8) is 0 Å². The van der Waals surface area contributed by atoms with Gasteiger partial charge in [0.25, 0.3) is 0 Å². The zero-order valence-corrected chi connectivity index (χ0v) is 7.05. The Kier molecular flexibility index (Phi) is 11.3. The Hall–Kier alpha value is 0.140. The summed E-state index contributed by atoms with van der Waals surface area (Å²) in [5.74, 6) is -0.822. The topological polar surface area (TPSA) is 43.4 Å². The fraction of sp³-hybridized carbons (Fsp3) is 0.750. The van der Waals surface area contributed by atoms with Crippen LogP contribution in [-0.4, -0.2) is 41.5 Å². The number of rotatable bonds is 4. The van der Waals surface area contributed by atoms with Crippen molar-refractivity contribution < 1.29 is 14.3 Å². The zero-order valence-electron chi connectivity index (χ0n) is 7.05. The fourth-order valence-corrected chi connectivity index (χ4v) is 0.637. The van der Waals surface area contributed by atoms with Crippen molar-refractivity contribution >= 4 is 41.5 Å². The van der Waals surface area contributed by atoms with E-state index in [9.17, 15) is 9.59 Å². The van der Waals surface area contributed by atoms with Gasteiger partial charge in [0.2, 0.25) is 0 Å². The molecule has 0 aromatic heterocycles. The molecule has 0 aromatic carbocycles. The molecular weight excluding hydrogens is 167 g/mol. The Morgan fingerprint density at radius 1 is 1.00 bits per heavy atom. The van der Waals surface area contributed by atoms with E-state index in [1.807, 2.05) is 13.8 Å². The second-order valence-electron chi connectivity index (χ2n) is 2.35. The molecule has 0 bridgehead atoms. The van der Waals surface area contributed by atoms with Gasteiger partial charge in [-0.2, -0.15) is 0 Å². The van der Waals surface area contributed by atoms with Crippen LogP contribution in [0.3, 0.4) is 0 Å². The van der Waals surface area contributed by atoms with E-state index in [1.165, 1.54) is 0 Å². The number of hydrogen-bond donors (Lipinski definition) is 0. The monoisotopic (exact) mass is 182 g/mol. The molecule has 0 saturated carbocycles. The van der Waals surface area contributed by atoms with Crippen LogP contribution in [0, 0.1) is 0 Å². The van der Waals surface area contributed by atoms with Crippen molar-refractivity contribution in [3.05, 3.63) is 0 Å². The minimum absolute atomic E-state index is 0. The van der Waals surface area contributed by atoms with Gasteiger partial charge in [-0.25, -0.2) is 0 Å². The second kappa shape index (κ2) is 9.23. The molecule has 0 aliphatic carbocycles. The summed E-state index contributed by atoms with van der Waals surface area (Å²) in [5, 5.41) is 0. The molecule has 0 rings (SSSR count). The first-order valence-electron chi connectivity index (χ1n) is 3.94. The second-order valence-corrected chi connectivity index (χ2v) is 2.35. The Balaban J connectivity index is 0. The standard InChI is InChI=1S/C8H14O3.Na.H/c1-3-5-7(9)11-8(10)6-4-2;;/h3-6H2,1-2H3;;. The molecule has 0 aliphatic heterocycles. The van der Waals surface area contributed by atoms with Crippen LogP contribution >= 0.6 is 0 Å². The van der Waals surface area contributed by atoms with Crippen LogP contribution < -0.4 is 0 Å². The molecule has 4 heteroatoms. The molecule has 0 heterocycles. The molecule has 12 heavy (non-hydrogen) atoms. The number of hydrogen-bond acceptors (Lipinski definition) is 3. The van der Waals surface area contributed by atoms with E-state index in [0.29, 0.717) is 12.8 Å². The average molecular weight is 182 g/mol. The normalized spacial score (nSPS) is 8.50. The van der Waals surface area contributed by atoms with Crippen molar-refractivity contribution in [1.29, 1.82) is 0 Å². The summed E-state index contributed by atoms with van der Waals surface area (Å²) in [7, 11) is 0. The quantitative estimate of drug-likeness (QED) is 0.370. The summed E-state index contributed by atoms with van der Waals surface area (Å²) in [6, 6.07) is 0. The summed E-state index contributed by atoms with van der Waals surface area (Å²) < 4.78 is 4.45. The Morgan fingerprint density at radius 2 is 1.33 bits per heavy atom. The van der Waals surface area contributed by atoms with Gasteiger partial charge >= 0.3 is 41.5 Å². The SMILES string of the molecule is CCCC(=O)OC(=O)CCC.[NaH]. The van der Waals surface area contributed by atoms with Crippen molar-refractivity contribution in [2.24, 2.45) is 0 Å². The molecule has 0 unspecified atom stereocenters. The van der Waals surface area contributed by atoms with Gasteiger partial charge in [0.15, 0.2) is 0 Å². The van der Waals surface area contributed by atoms with Crippen molar-refractivity contribution in [3.8, 4) is 0 Å². The summed E-state index contributed by atoms with van der Waals surface area (Å²) >= 11 is 0. The number of esters is 2. The van der Waals surface area contributed by atoms with Gasteiger partial charge in [-0.3, -0.25) is 9.59 Å². The van der Waals surface area contributed by atoms with E-state index >= 15 is 0 Å². The number of carbonyl (C=O) groups is 2. The molecule has 3 nitrogen and oxygen atoms in total. The molecule has 0 aliphatic rings. The van der Waals surface area contributed by atoms with Gasteiger partial charge in [0.05, 0.1) is 0 Å². The van der Waals surface area contributed by atoms with Crippen molar-refractivity contribution in [1.82, 2.24) is 0 Å². The third-order valence-electron chi connectivity index (χ3n) is 1.14. The van der Waals surface area contributed by atoms with Crippen LogP contribution in [0.5, 0.6) is 0 Å². The van der Waals surface area contributed by atoms with Gasteiger partial charge < -0.3 is 4.74 Å². The van der Waals surface area contributed by atoms with Crippen LogP contribution in [0.25, 0.3) is 0 Å². The van der Waals surface area contributed by atoms with E-state index in [1.54, 1.807) is 0 Å². The van der Waals surface area contributed by atoms with E-state index in [-0.39, 0.29) is 29.6 Å². The third kappa shape index (κ3) is 8.24. The molecule has 66 valence electrons. The average Bonchev–Trinajstić information content (AvgIpc) is 1.87. The molecule has 0 N–H and O–H groups in total. The predicted molar refractivity (Wildman–Crippen MR) is 48.1 cm³/mol. The minimum atomic E-state index is -0.411. The van der Waals surface area contributed by atoms with E-state index in [0.717, 1.165) is 12.8 Å². The van der Waals surface area contributed by atoms with E-state index < -0.39 is 11.9 Å². The van der Waals surface area contributed by atoms with Crippen LogP contribution in [0.15, 0.2) is 0 Å². The number of carbonyl (C=O) groups excluding carboxylic acids is 2. The summed E-state index contributed by atoms with van der Waals surface area (Å²) in [6.45, 7) is 3.73. The maximum absolute atomic E-state index is 10.7. The van der Waals surface area contributed by atoms with Gasteiger partial charge in [0, 0.05) is 12.8 Å². The van der Waals surface area contributed by atoms with Crippen molar-refractivity contribution in [2.75, 3.05) is 0 Å². The first-order valence-corrected chi connectivity index (χ1v) is 3.94. The molecule has 0 spiro atoms. The van der Waals surface area contributed by atoms with E-state index in [4.69, 9.17) is 0 Å². The number of ether oxygens (including phenoxy) is 1. The molecule has 0 fully saturated rings. The van der Waals surface area contributed by atoms with Gasteiger partial charge in [0.1, 0.15) is 0 Å². The van der Waals surface area contributed by atoms with Crippen LogP contribution in [0.1, 0.15) is 39.5 Å². The van der Waals surface area contributed by atoms with Crippen molar-refractivity contribution in [2.45, 2.75) is 39.5 Å². The predicted octanol–water partition coefficient (Wildman–Crippen LogP) is 1.01. The van der Waals surface area contributed by atoms with Gasteiger partial charge in [-0.1, -0.05) is 13.8 Å². The van der Waals surface area contributed by atoms with E-state index in [2.05, 4.69) is 4.74 Å². The molecule has 0 radical (unpaired) electrons. The maximum atomic E-state index is 10.7. The Bertz CT molecular complexity index is 129. The Morgan fingerprint density at radius 3 is 1.58 bits per heavy atom. The molecular formula is C8H15NaO3. The Labute approximate surface area is 95.1 Å². The molecule has 0 aromatic rings. The molecule has 0 saturated heterocycles. The van der Waals surface area contributed by atoms with Gasteiger partial charge in [-0.05, 0) is 12.8 Å². The summed E-state index contributed by atoms with van der Waals surface area (Å²) in [4.78, 5) is 21.4. The van der Waals surface area contributed by atoms with Crippen LogP contribution in [-0.2, 0) is 14.3 Å². The fourth-order valence-electron chi connectivity index (χ4n) is 0.637. The first-order chi connectivity index (χ1) is 5.20. The third-order valence-corrected chi connectivity index (χ3v) is 1.14. The zero-order chi connectivity index (χ0) is 8.69. The van der Waals surface area contributed by atoms with Gasteiger partial charge in [-0.15, -0.1) is 0 Å².